The monoisotopic (exact) mass is 99.1 g/mol. The van der Waals surface area contributed by atoms with E-state index in [9.17, 15) is 0 Å². The summed E-state index contributed by atoms with van der Waals surface area (Å²) in [6.07, 6.45) is 1.60. The van der Waals surface area contributed by atoms with Gasteiger partial charge >= 0.3 is 0 Å². The second-order valence-corrected chi connectivity index (χ2v) is 1.80. The van der Waals surface area contributed by atoms with E-state index in [1.165, 1.54) is 0 Å². The Balaban J connectivity index is 2.86. The van der Waals surface area contributed by atoms with E-state index in [4.69, 9.17) is 5.26 Å². The second kappa shape index (κ2) is 3.48. The fourth-order valence-electron chi connectivity index (χ4n) is 0.204. The Bertz CT molecular complexity index is 72.6. The van der Waals surface area contributed by atoms with Crippen molar-refractivity contribution in [1.29, 1.82) is 5.26 Å². The van der Waals surface area contributed by atoms with E-state index < -0.39 is 0 Å². The molecule has 0 aromatic rings. The van der Waals surface area contributed by atoms with Crippen LogP contribution in [0.1, 0.15) is 13.8 Å². The van der Waals surface area contributed by atoms with E-state index in [1.54, 1.807) is 6.26 Å². The molecular formula is C5H9NO. The molecule has 2 heteroatoms. The van der Waals surface area contributed by atoms with Gasteiger partial charge in [0.2, 0.25) is 0 Å². The van der Waals surface area contributed by atoms with E-state index in [0.29, 0.717) is 12.5 Å². The van der Waals surface area contributed by atoms with Gasteiger partial charge in [0.25, 0.3) is 6.26 Å². The fourth-order valence-corrected chi connectivity index (χ4v) is 0.204. The third-order valence-electron chi connectivity index (χ3n) is 0.481. The van der Waals surface area contributed by atoms with Crippen molar-refractivity contribution in [2.45, 2.75) is 13.8 Å². The SMILES string of the molecule is CC(C)COC#N. The first-order chi connectivity index (χ1) is 3.27. The minimum absolute atomic E-state index is 0.458. The molecule has 0 aromatic carbocycles. The van der Waals surface area contributed by atoms with Gasteiger partial charge in [0.15, 0.2) is 0 Å². The Morgan fingerprint density at radius 1 is 1.71 bits per heavy atom. The van der Waals surface area contributed by atoms with Gasteiger partial charge in [-0.2, -0.15) is 5.26 Å². The van der Waals surface area contributed by atoms with Crippen molar-refractivity contribution in [3.8, 4) is 6.26 Å². The number of nitrogens with zero attached hydrogens (tertiary/aromatic N) is 1. The zero-order valence-corrected chi connectivity index (χ0v) is 4.64. The molecule has 0 amide bonds. The molecule has 0 heterocycles. The average molecular weight is 99.1 g/mol. The van der Waals surface area contributed by atoms with Crippen LogP contribution in [-0.4, -0.2) is 6.61 Å². The second-order valence-electron chi connectivity index (χ2n) is 1.80. The van der Waals surface area contributed by atoms with E-state index in [1.807, 2.05) is 13.8 Å². The highest BCUT2D eigenvalue weighted by atomic mass is 16.5. The standard InChI is InChI=1S/C5H9NO/c1-5(2)3-7-4-6/h5H,3H2,1-2H3. The predicted octanol–water partition coefficient (Wildman–Crippen LogP) is 1.14. The van der Waals surface area contributed by atoms with Crippen molar-refractivity contribution in [2.75, 3.05) is 6.61 Å². The molecule has 0 bridgehead atoms. The highest BCUT2D eigenvalue weighted by molar-refractivity contribution is 4.49. The van der Waals surface area contributed by atoms with Gasteiger partial charge < -0.3 is 4.74 Å². The number of hydrogen-bond acceptors (Lipinski definition) is 2. The Hall–Kier alpha value is -0.710. The van der Waals surface area contributed by atoms with Crippen LogP contribution in [-0.2, 0) is 4.74 Å². The lowest BCUT2D eigenvalue weighted by Crippen LogP contribution is -1.95. The molecule has 2 nitrogen and oxygen atoms in total. The van der Waals surface area contributed by atoms with Crippen molar-refractivity contribution in [3.63, 3.8) is 0 Å². The lowest BCUT2D eigenvalue weighted by Gasteiger charge is -1.96. The summed E-state index contributed by atoms with van der Waals surface area (Å²) in [5, 5.41) is 7.84. The molecule has 0 aliphatic carbocycles. The van der Waals surface area contributed by atoms with E-state index in [2.05, 4.69) is 4.74 Å². The van der Waals surface area contributed by atoms with Gasteiger partial charge in [0.1, 0.15) is 6.61 Å². The van der Waals surface area contributed by atoms with E-state index in [0.717, 1.165) is 0 Å². The molecule has 40 valence electrons. The van der Waals surface area contributed by atoms with Crippen LogP contribution < -0.4 is 0 Å². The molecule has 0 aliphatic heterocycles. The van der Waals surface area contributed by atoms with E-state index >= 15 is 0 Å². The lowest BCUT2D eigenvalue weighted by molar-refractivity contribution is 0.229. The summed E-state index contributed by atoms with van der Waals surface area (Å²) in [4.78, 5) is 0. The normalized spacial score (nSPS) is 8.29. The number of nitriles is 1. The zero-order chi connectivity index (χ0) is 5.70. The van der Waals surface area contributed by atoms with Gasteiger partial charge in [-0.15, -0.1) is 0 Å². The van der Waals surface area contributed by atoms with Crippen molar-refractivity contribution < 1.29 is 4.74 Å². The summed E-state index contributed by atoms with van der Waals surface area (Å²) in [5.41, 5.74) is 0. The summed E-state index contributed by atoms with van der Waals surface area (Å²) in [6.45, 7) is 4.53. The van der Waals surface area contributed by atoms with Crippen LogP contribution in [0.2, 0.25) is 0 Å². The van der Waals surface area contributed by atoms with Crippen molar-refractivity contribution >= 4 is 0 Å². The van der Waals surface area contributed by atoms with Gasteiger partial charge in [-0.25, -0.2) is 0 Å². The largest absolute Gasteiger partial charge is 0.427 e. The molecule has 0 saturated carbocycles. The van der Waals surface area contributed by atoms with Crippen LogP contribution in [0.4, 0.5) is 0 Å². The van der Waals surface area contributed by atoms with Gasteiger partial charge in [0, 0.05) is 0 Å². The maximum atomic E-state index is 7.84. The predicted molar refractivity (Wildman–Crippen MR) is 26.4 cm³/mol. The molecule has 0 fully saturated rings. The van der Waals surface area contributed by atoms with E-state index in [-0.39, 0.29) is 0 Å². The van der Waals surface area contributed by atoms with Gasteiger partial charge in [-0.3, -0.25) is 0 Å². The van der Waals surface area contributed by atoms with Crippen LogP contribution in [0.15, 0.2) is 0 Å². The molecular weight excluding hydrogens is 90.1 g/mol. The molecule has 0 unspecified atom stereocenters. The molecule has 0 radical (unpaired) electrons. The highest BCUT2D eigenvalue weighted by Crippen LogP contribution is 1.89. The zero-order valence-electron chi connectivity index (χ0n) is 4.64. The van der Waals surface area contributed by atoms with Gasteiger partial charge in [-0.05, 0) is 5.92 Å². The van der Waals surface area contributed by atoms with Crippen molar-refractivity contribution in [3.05, 3.63) is 0 Å². The Labute approximate surface area is 43.7 Å². The number of ether oxygens (including phenoxy) is 1. The Morgan fingerprint density at radius 2 is 2.29 bits per heavy atom. The molecule has 0 spiro atoms. The van der Waals surface area contributed by atoms with Crippen LogP contribution >= 0.6 is 0 Å². The maximum absolute atomic E-state index is 7.84. The van der Waals surface area contributed by atoms with Crippen molar-refractivity contribution in [1.82, 2.24) is 0 Å². The minimum Gasteiger partial charge on any atom is -0.427 e. The molecule has 0 aliphatic rings. The first kappa shape index (κ1) is 6.29. The molecule has 0 saturated heterocycles. The van der Waals surface area contributed by atoms with Gasteiger partial charge in [-0.1, -0.05) is 13.8 Å². The van der Waals surface area contributed by atoms with Gasteiger partial charge in [0.05, 0.1) is 0 Å². The minimum atomic E-state index is 0.458. The summed E-state index contributed by atoms with van der Waals surface area (Å²) in [7, 11) is 0. The topological polar surface area (TPSA) is 33.0 Å². The lowest BCUT2D eigenvalue weighted by atomic mass is 10.2. The fraction of sp³-hybridized carbons (Fsp3) is 0.800. The number of hydrogen-bond donors (Lipinski definition) is 0. The van der Waals surface area contributed by atoms with Crippen LogP contribution in [0, 0.1) is 17.4 Å². The summed E-state index contributed by atoms with van der Waals surface area (Å²) >= 11 is 0. The maximum Gasteiger partial charge on any atom is 0.286 e. The Kier molecular flexibility index (Phi) is 3.13. The molecule has 0 atom stereocenters. The Morgan fingerprint density at radius 3 is 2.43 bits per heavy atom. The number of rotatable bonds is 2. The molecule has 7 heavy (non-hydrogen) atoms. The molecule has 0 aromatic heterocycles. The summed E-state index contributed by atoms with van der Waals surface area (Å²) < 4.78 is 4.40. The molecule has 0 rings (SSSR count). The third kappa shape index (κ3) is 5.29. The quantitative estimate of drug-likeness (QED) is 0.486. The van der Waals surface area contributed by atoms with Crippen LogP contribution in [0.5, 0.6) is 0 Å². The summed E-state index contributed by atoms with van der Waals surface area (Å²) in [5.74, 6) is 0.458. The highest BCUT2D eigenvalue weighted by Gasteiger charge is 1.89. The van der Waals surface area contributed by atoms with Crippen molar-refractivity contribution in [2.24, 2.45) is 5.92 Å². The first-order valence-electron chi connectivity index (χ1n) is 2.28. The first-order valence-corrected chi connectivity index (χ1v) is 2.28. The average Bonchev–Trinajstić information content (AvgIpc) is 1.61. The van der Waals surface area contributed by atoms with Crippen LogP contribution in [0.3, 0.4) is 0 Å². The smallest absolute Gasteiger partial charge is 0.286 e. The van der Waals surface area contributed by atoms with Crippen LogP contribution in [0.25, 0.3) is 0 Å². The molecule has 0 N–H and O–H groups in total. The summed E-state index contributed by atoms with van der Waals surface area (Å²) in [6, 6.07) is 0. The third-order valence-corrected chi connectivity index (χ3v) is 0.481.